The van der Waals surface area contributed by atoms with E-state index in [1.54, 1.807) is 0 Å². The molecule has 19 heavy (non-hydrogen) atoms. The van der Waals surface area contributed by atoms with E-state index in [1.807, 2.05) is 30.0 Å². The zero-order chi connectivity index (χ0) is 13.7. The van der Waals surface area contributed by atoms with Crippen LogP contribution in [0.15, 0.2) is 30.3 Å². The predicted octanol–water partition coefficient (Wildman–Crippen LogP) is 2.57. The van der Waals surface area contributed by atoms with Gasteiger partial charge >= 0.3 is 0 Å². The van der Waals surface area contributed by atoms with Gasteiger partial charge in [0.05, 0.1) is 6.04 Å². The van der Waals surface area contributed by atoms with Gasteiger partial charge in [-0.1, -0.05) is 30.3 Å². The molecule has 0 saturated carbocycles. The number of amides is 1. The molecule has 3 heteroatoms. The maximum Gasteiger partial charge on any atom is 0.240 e. The van der Waals surface area contributed by atoms with Crippen molar-refractivity contribution in [2.75, 3.05) is 6.54 Å². The molecule has 1 saturated heterocycles. The standard InChI is InChI=1S/C16H24N2O/c1-3-18(12-14-9-5-4-6-10-14)16(19)15-11-7-8-13(2)17-15/h4-6,9-10,13,15,17H,3,7-8,11-12H2,1-2H3. The lowest BCUT2D eigenvalue weighted by molar-refractivity contribution is -0.134. The molecule has 3 nitrogen and oxygen atoms in total. The number of piperidine rings is 1. The first kappa shape index (κ1) is 14.1. The molecule has 1 aliphatic rings. The Labute approximate surface area is 116 Å². The van der Waals surface area contributed by atoms with E-state index in [1.165, 1.54) is 12.0 Å². The second-order valence-corrected chi connectivity index (χ2v) is 5.39. The Kier molecular flexibility index (Phi) is 4.97. The molecule has 0 aliphatic carbocycles. The summed E-state index contributed by atoms with van der Waals surface area (Å²) < 4.78 is 0. The minimum absolute atomic E-state index is 0.00686. The zero-order valence-electron chi connectivity index (χ0n) is 11.9. The summed E-state index contributed by atoms with van der Waals surface area (Å²) >= 11 is 0. The minimum Gasteiger partial charge on any atom is -0.337 e. The van der Waals surface area contributed by atoms with Crippen LogP contribution < -0.4 is 5.32 Å². The number of hydrogen-bond acceptors (Lipinski definition) is 2. The van der Waals surface area contributed by atoms with E-state index < -0.39 is 0 Å². The van der Waals surface area contributed by atoms with E-state index in [2.05, 4.69) is 24.4 Å². The SMILES string of the molecule is CCN(Cc1ccccc1)C(=O)C1CCCC(C)N1. The lowest BCUT2D eigenvalue weighted by atomic mass is 9.98. The third-order valence-corrected chi connectivity index (χ3v) is 3.82. The molecule has 1 aliphatic heterocycles. The Hall–Kier alpha value is -1.35. The van der Waals surface area contributed by atoms with Gasteiger partial charge in [0.2, 0.25) is 5.91 Å². The van der Waals surface area contributed by atoms with Crippen LogP contribution in [0.2, 0.25) is 0 Å². The Morgan fingerprint density at radius 3 is 2.68 bits per heavy atom. The highest BCUT2D eigenvalue weighted by atomic mass is 16.2. The quantitative estimate of drug-likeness (QED) is 0.902. The van der Waals surface area contributed by atoms with Crippen molar-refractivity contribution in [3.63, 3.8) is 0 Å². The van der Waals surface area contributed by atoms with Gasteiger partial charge in [-0.05, 0) is 38.7 Å². The van der Waals surface area contributed by atoms with Crippen LogP contribution in [0, 0.1) is 0 Å². The highest BCUT2D eigenvalue weighted by molar-refractivity contribution is 5.82. The van der Waals surface area contributed by atoms with Crippen molar-refractivity contribution in [1.82, 2.24) is 10.2 Å². The van der Waals surface area contributed by atoms with Gasteiger partial charge in [0, 0.05) is 19.1 Å². The summed E-state index contributed by atoms with van der Waals surface area (Å²) in [5, 5.41) is 3.43. The third kappa shape index (κ3) is 3.80. The van der Waals surface area contributed by atoms with Crippen molar-refractivity contribution in [3.8, 4) is 0 Å². The second-order valence-electron chi connectivity index (χ2n) is 5.39. The number of rotatable bonds is 4. The van der Waals surface area contributed by atoms with Crippen molar-refractivity contribution >= 4 is 5.91 Å². The lowest BCUT2D eigenvalue weighted by Crippen LogP contribution is -2.51. The topological polar surface area (TPSA) is 32.3 Å². The average molecular weight is 260 g/mol. The van der Waals surface area contributed by atoms with Gasteiger partial charge in [-0.25, -0.2) is 0 Å². The van der Waals surface area contributed by atoms with Crippen molar-refractivity contribution in [2.24, 2.45) is 0 Å². The summed E-state index contributed by atoms with van der Waals surface area (Å²) in [6.45, 7) is 5.68. The number of nitrogens with one attached hydrogen (secondary N) is 1. The molecule has 0 bridgehead atoms. The van der Waals surface area contributed by atoms with Gasteiger partial charge in [0.1, 0.15) is 0 Å². The van der Waals surface area contributed by atoms with Gasteiger partial charge in [-0.3, -0.25) is 4.79 Å². The van der Waals surface area contributed by atoms with Crippen molar-refractivity contribution < 1.29 is 4.79 Å². The molecule has 2 atom stereocenters. The van der Waals surface area contributed by atoms with Gasteiger partial charge in [0.15, 0.2) is 0 Å². The normalized spacial score (nSPS) is 23.1. The monoisotopic (exact) mass is 260 g/mol. The fraction of sp³-hybridized carbons (Fsp3) is 0.562. The van der Waals surface area contributed by atoms with Crippen LogP contribution in [-0.2, 0) is 11.3 Å². The summed E-state index contributed by atoms with van der Waals surface area (Å²) in [4.78, 5) is 14.5. The van der Waals surface area contributed by atoms with Crippen LogP contribution in [-0.4, -0.2) is 29.4 Å². The fourth-order valence-corrected chi connectivity index (χ4v) is 2.70. The van der Waals surface area contributed by atoms with Crippen molar-refractivity contribution in [1.29, 1.82) is 0 Å². The maximum absolute atomic E-state index is 12.5. The molecular formula is C16H24N2O. The van der Waals surface area contributed by atoms with E-state index in [-0.39, 0.29) is 11.9 Å². The molecule has 1 aromatic rings. The van der Waals surface area contributed by atoms with E-state index in [0.717, 1.165) is 19.4 Å². The number of carbonyl (C=O) groups is 1. The first-order chi connectivity index (χ1) is 9.20. The van der Waals surface area contributed by atoms with Gasteiger partial charge in [-0.15, -0.1) is 0 Å². The van der Waals surface area contributed by atoms with Gasteiger partial charge < -0.3 is 10.2 Å². The number of benzene rings is 1. The molecule has 2 rings (SSSR count). The number of hydrogen-bond donors (Lipinski definition) is 1. The Morgan fingerprint density at radius 1 is 1.32 bits per heavy atom. The van der Waals surface area contributed by atoms with E-state index in [4.69, 9.17) is 0 Å². The molecule has 1 N–H and O–H groups in total. The Morgan fingerprint density at radius 2 is 2.05 bits per heavy atom. The third-order valence-electron chi connectivity index (χ3n) is 3.82. The van der Waals surface area contributed by atoms with E-state index >= 15 is 0 Å². The Balaban J connectivity index is 1.98. The average Bonchev–Trinajstić information content (AvgIpc) is 2.45. The molecule has 0 radical (unpaired) electrons. The molecule has 1 fully saturated rings. The molecule has 1 amide bonds. The van der Waals surface area contributed by atoms with Gasteiger partial charge in [-0.2, -0.15) is 0 Å². The predicted molar refractivity (Wildman–Crippen MR) is 77.8 cm³/mol. The van der Waals surface area contributed by atoms with Crippen LogP contribution in [0.3, 0.4) is 0 Å². The Bertz CT molecular complexity index is 404. The zero-order valence-corrected chi connectivity index (χ0v) is 11.9. The summed E-state index contributed by atoms with van der Waals surface area (Å²) in [6.07, 6.45) is 3.29. The lowest BCUT2D eigenvalue weighted by Gasteiger charge is -2.32. The summed E-state index contributed by atoms with van der Waals surface area (Å²) in [5.74, 6) is 0.248. The molecule has 0 aromatic heterocycles. The van der Waals surface area contributed by atoms with Gasteiger partial charge in [0.25, 0.3) is 0 Å². The molecular weight excluding hydrogens is 236 g/mol. The largest absolute Gasteiger partial charge is 0.337 e. The number of carbonyl (C=O) groups excluding carboxylic acids is 1. The smallest absolute Gasteiger partial charge is 0.240 e. The minimum atomic E-state index is 0.00686. The molecule has 0 spiro atoms. The second kappa shape index (κ2) is 6.71. The van der Waals surface area contributed by atoms with Crippen LogP contribution >= 0.6 is 0 Å². The summed E-state index contributed by atoms with van der Waals surface area (Å²) in [5.41, 5.74) is 1.20. The highest BCUT2D eigenvalue weighted by Gasteiger charge is 2.27. The van der Waals surface area contributed by atoms with E-state index in [9.17, 15) is 4.79 Å². The summed E-state index contributed by atoms with van der Waals surface area (Å²) in [7, 11) is 0. The van der Waals surface area contributed by atoms with E-state index in [0.29, 0.717) is 12.6 Å². The first-order valence-corrected chi connectivity index (χ1v) is 7.29. The van der Waals surface area contributed by atoms with Crippen molar-refractivity contribution in [3.05, 3.63) is 35.9 Å². The highest BCUT2D eigenvalue weighted by Crippen LogP contribution is 2.15. The van der Waals surface area contributed by atoms with Crippen LogP contribution in [0.5, 0.6) is 0 Å². The molecule has 1 heterocycles. The van der Waals surface area contributed by atoms with Crippen LogP contribution in [0.4, 0.5) is 0 Å². The van der Waals surface area contributed by atoms with Crippen molar-refractivity contribution in [2.45, 2.75) is 51.7 Å². The van der Waals surface area contributed by atoms with Crippen LogP contribution in [0.1, 0.15) is 38.7 Å². The number of nitrogens with zero attached hydrogens (tertiary/aromatic N) is 1. The molecule has 1 aromatic carbocycles. The first-order valence-electron chi connectivity index (χ1n) is 7.29. The number of likely N-dealkylation sites (N-methyl/N-ethyl adjacent to an activating group) is 1. The summed E-state index contributed by atoms with van der Waals surface area (Å²) in [6, 6.07) is 10.7. The maximum atomic E-state index is 12.5. The fourth-order valence-electron chi connectivity index (χ4n) is 2.70. The van der Waals surface area contributed by atoms with Crippen LogP contribution in [0.25, 0.3) is 0 Å². The molecule has 2 unspecified atom stereocenters. The molecule has 104 valence electrons.